The van der Waals surface area contributed by atoms with Gasteiger partial charge in [0.05, 0.1) is 6.61 Å². The zero-order chi connectivity index (χ0) is 19.0. The van der Waals surface area contributed by atoms with E-state index in [2.05, 4.69) is 34.2 Å². The number of pyridine rings is 2. The molecule has 4 rings (SSSR count). The molecule has 1 amide bonds. The molecule has 3 heterocycles. The Hall–Kier alpha value is -3.21. The third-order valence-corrected chi connectivity index (χ3v) is 4.84. The maximum Gasteiger partial charge on any atom is 0.273 e. The van der Waals surface area contributed by atoms with Gasteiger partial charge in [-0.2, -0.15) is 0 Å². The van der Waals surface area contributed by atoms with E-state index in [0.717, 1.165) is 33.5 Å². The Labute approximate surface area is 158 Å². The molecule has 0 aliphatic carbocycles. The second kappa shape index (κ2) is 6.83. The van der Waals surface area contributed by atoms with Crippen molar-refractivity contribution in [2.45, 2.75) is 20.4 Å². The minimum Gasteiger partial charge on any atom is -0.478 e. The van der Waals surface area contributed by atoms with Crippen molar-refractivity contribution >= 4 is 5.91 Å². The van der Waals surface area contributed by atoms with Gasteiger partial charge in [0.25, 0.3) is 5.91 Å². The van der Waals surface area contributed by atoms with Gasteiger partial charge in [0, 0.05) is 42.7 Å². The first-order chi connectivity index (χ1) is 13.1. The van der Waals surface area contributed by atoms with Crippen molar-refractivity contribution in [1.29, 1.82) is 0 Å². The number of aromatic nitrogens is 2. The van der Waals surface area contributed by atoms with Crippen LogP contribution in [0.5, 0.6) is 5.88 Å². The Bertz CT molecular complexity index is 1030. The number of benzene rings is 1. The van der Waals surface area contributed by atoms with Crippen molar-refractivity contribution in [3.05, 3.63) is 65.6 Å². The third-order valence-electron chi connectivity index (χ3n) is 4.84. The molecule has 27 heavy (non-hydrogen) atoms. The highest BCUT2D eigenvalue weighted by molar-refractivity contribution is 6.01. The number of amides is 1. The first-order valence-electron chi connectivity index (χ1n) is 9.03. The minimum absolute atomic E-state index is 0.0955. The van der Waals surface area contributed by atoms with Crippen LogP contribution in [0.1, 0.15) is 28.7 Å². The summed E-state index contributed by atoms with van der Waals surface area (Å²) in [6, 6.07) is 14.1. The van der Waals surface area contributed by atoms with Gasteiger partial charge >= 0.3 is 0 Å². The summed E-state index contributed by atoms with van der Waals surface area (Å²) in [4.78, 5) is 23.4. The lowest BCUT2D eigenvalue weighted by Crippen LogP contribution is -2.25. The molecular formula is C22H21N3O2. The lowest BCUT2D eigenvalue weighted by molar-refractivity contribution is 0.0781. The summed E-state index contributed by atoms with van der Waals surface area (Å²) in [5.74, 6) is 0.377. The number of hydrogen-bond acceptors (Lipinski definition) is 4. The average Bonchev–Trinajstić information content (AvgIpc) is 2.77. The van der Waals surface area contributed by atoms with Crippen molar-refractivity contribution in [1.82, 2.24) is 14.9 Å². The zero-order valence-electron chi connectivity index (χ0n) is 15.7. The van der Waals surface area contributed by atoms with E-state index in [0.29, 0.717) is 24.7 Å². The number of carbonyl (C=O) groups is 1. The molecule has 3 aromatic rings. The molecule has 0 spiro atoms. The van der Waals surface area contributed by atoms with Crippen molar-refractivity contribution in [2.75, 3.05) is 13.7 Å². The molecule has 1 aromatic carbocycles. The summed E-state index contributed by atoms with van der Waals surface area (Å²) in [5.41, 5.74) is 6.54. The van der Waals surface area contributed by atoms with Crippen molar-refractivity contribution in [3.8, 4) is 28.1 Å². The largest absolute Gasteiger partial charge is 0.478 e. The van der Waals surface area contributed by atoms with Crippen LogP contribution in [0.25, 0.3) is 22.3 Å². The van der Waals surface area contributed by atoms with Crippen LogP contribution in [-0.2, 0) is 6.54 Å². The maximum absolute atomic E-state index is 12.9. The molecule has 5 nitrogen and oxygen atoms in total. The predicted molar refractivity (Wildman–Crippen MR) is 105 cm³/mol. The van der Waals surface area contributed by atoms with Gasteiger partial charge in [0.1, 0.15) is 5.69 Å². The van der Waals surface area contributed by atoms with Gasteiger partial charge in [0.15, 0.2) is 0 Å². The van der Waals surface area contributed by atoms with E-state index in [1.807, 2.05) is 32.0 Å². The smallest absolute Gasteiger partial charge is 0.273 e. The fraction of sp³-hybridized carbons (Fsp3) is 0.227. The van der Waals surface area contributed by atoms with Crippen molar-refractivity contribution in [3.63, 3.8) is 0 Å². The van der Waals surface area contributed by atoms with Gasteiger partial charge in [-0.15, -0.1) is 0 Å². The van der Waals surface area contributed by atoms with E-state index >= 15 is 0 Å². The van der Waals surface area contributed by atoms with Crippen molar-refractivity contribution in [2.24, 2.45) is 0 Å². The zero-order valence-corrected chi connectivity index (χ0v) is 15.7. The van der Waals surface area contributed by atoms with Gasteiger partial charge in [-0.3, -0.25) is 9.78 Å². The van der Waals surface area contributed by atoms with Crippen LogP contribution >= 0.6 is 0 Å². The van der Waals surface area contributed by atoms with Crippen LogP contribution in [0.4, 0.5) is 0 Å². The standard InChI is InChI=1S/C22H21N3O2/c1-4-27-20-10-9-18-19-12-15(17-6-5-11-23-14(17)2)7-8-16(19)13-25(3)22(26)21(18)24-20/h5-12H,4,13H2,1-3H3. The predicted octanol–water partition coefficient (Wildman–Crippen LogP) is 4.10. The molecule has 0 unspecified atom stereocenters. The second-order valence-electron chi connectivity index (χ2n) is 6.65. The summed E-state index contributed by atoms with van der Waals surface area (Å²) >= 11 is 0. The number of fused-ring (bicyclic) bond motifs is 3. The number of ether oxygens (including phenoxy) is 1. The highest BCUT2D eigenvalue weighted by Crippen LogP contribution is 2.36. The molecule has 2 aromatic heterocycles. The number of rotatable bonds is 3. The summed E-state index contributed by atoms with van der Waals surface area (Å²) < 4.78 is 5.50. The van der Waals surface area contributed by atoms with E-state index in [9.17, 15) is 4.79 Å². The fourth-order valence-electron chi connectivity index (χ4n) is 3.48. The molecule has 0 fully saturated rings. The van der Waals surface area contributed by atoms with Crippen LogP contribution in [-0.4, -0.2) is 34.4 Å². The highest BCUT2D eigenvalue weighted by atomic mass is 16.5. The average molecular weight is 359 g/mol. The number of nitrogens with zero attached hydrogens (tertiary/aromatic N) is 3. The molecule has 0 N–H and O–H groups in total. The third kappa shape index (κ3) is 3.05. The molecule has 0 radical (unpaired) electrons. The van der Waals surface area contributed by atoms with E-state index in [1.54, 1.807) is 18.1 Å². The lowest BCUT2D eigenvalue weighted by Gasteiger charge is -2.15. The van der Waals surface area contributed by atoms with Gasteiger partial charge in [-0.1, -0.05) is 18.2 Å². The Morgan fingerprint density at radius 3 is 2.74 bits per heavy atom. The molecule has 5 heteroatoms. The first kappa shape index (κ1) is 17.2. The van der Waals surface area contributed by atoms with Crippen LogP contribution in [0.15, 0.2) is 48.7 Å². The molecule has 136 valence electrons. The molecule has 0 bridgehead atoms. The minimum atomic E-state index is -0.0955. The van der Waals surface area contributed by atoms with Crippen molar-refractivity contribution < 1.29 is 9.53 Å². The maximum atomic E-state index is 12.9. The van der Waals surface area contributed by atoms with Gasteiger partial charge < -0.3 is 9.64 Å². The van der Waals surface area contributed by atoms with Gasteiger partial charge in [-0.25, -0.2) is 4.98 Å². The normalized spacial score (nSPS) is 13.0. The topological polar surface area (TPSA) is 55.3 Å². The van der Waals surface area contributed by atoms with Gasteiger partial charge in [0.2, 0.25) is 5.88 Å². The summed E-state index contributed by atoms with van der Waals surface area (Å²) in [6.45, 7) is 4.96. The first-order valence-corrected chi connectivity index (χ1v) is 9.03. The molecule has 1 aliphatic rings. The Balaban J connectivity index is 1.91. The second-order valence-corrected chi connectivity index (χ2v) is 6.65. The van der Waals surface area contributed by atoms with Crippen LogP contribution in [0.3, 0.4) is 0 Å². The quantitative estimate of drug-likeness (QED) is 0.706. The van der Waals surface area contributed by atoms with E-state index in [-0.39, 0.29) is 5.91 Å². The number of carbonyl (C=O) groups excluding carboxylic acids is 1. The van der Waals surface area contributed by atoms with Crippen LogP contribution in [0, 0.1) is 6.92 Å². The van der Waals surface area contributed by atoms with Crippen LogP contribution < -0.4 is 4.74 Å². The summed E-state index contributed by atoms with van der Waals surface area (Å²) in [5, 5.41) is 0. The van der Waals surface area contributed by atoms with E-state index in [1.165, 1.54) is 0 Å². The Morgan fingerprint density at radius 1 is 1.11 bits per heavy atom. The monoisotopic (exact) mass is 359 g/mol. The SMILES string of the molecule is CCOc1ccc2c(n1)C(=O)N(C)Cc1ccc(-c3cccnc3C)cc1-2. The van der Waals surface area contributed by atoms with E-state index < -0.39 is 0 Å². The summed E-state index contributed by atoms with van der Waals surface area (Å²) in [7, 11) is 1.80. The van der Waals surface area contributed by atoms with Gasteiger partial charge in [-0.05, 0) is 48.7 Å². The van der Waals surface area contributed by atoms with Crippen LogP contribution in [0.2, 0.25) is 0 Å². The lowest BCUT2D eigenvalue weighted by atomic mass is 9.94. The molecule has 0 saturated heterocycles. The molecular weight excluding hydrogens is 338 g/mol. The molecule has 0 atom stereocenters. The fourth-order valence-corrected chi connectivity index (χ4v) is 3.48. The number of aryl methyl sites for hydroxylation is 1. The Morgan fingerprint density at radius 2 is 1.96 bits per heavy atom. The highest BCUT2D eigenvalue weighted by Gasteiger charge is 2.26. The van der Waals surface area contributed by atoms with E-state index in [4.69, 9.17) is 4.74 Å². The summed E-state index contributed by atoms with van der Waals surface area (Å²) in [6.07, 6.45) is 1.80. The molecule has 1 aliphatic heterocycles. The molecule has 0 saturated carbocycles. The Kier molecular flexibility index (Phi) is 4.36. The number of hydrogen-bond donors (Lipinski definition) is 0.